The fourth-order valence-corrected chi connectivity index (χ4v) is 3.64. The van der Waals surface area contributed by atoms with E-state index in [1.54, 1.807) is 6.08 Å². The van der Waals surface area contributed by atoms with Gasteiger partial charge in [-0.25, -0.2) is 0 Å². The van der Waals surface area contributed by atoms with Gasteiger partial charge in [-0.15, -0.1) is 11.3 Å². The highest BCUT2D eigenvalue weighted by molar-refractivity contribution is 9.10. The van der Waals surface area contributed by atoms with Crippen molar-refractivity contribution in [1.82, 2.24) is 4.90 Å². The van der Waals surface area contributed by atoms with Gasteiger partial charge in [0.2, 0.25) is 0 Å². The molecule has 2 rings (SSSR count). The Morgan fingerprint density at radius 3 is 2.84 bits per heavy atom. The van der Waals surface area contributed by atoms with Crippen LogP contribution in [0, 0.1) is 0 Å². The van der Waals surface area contributed by atoms with Gasteiger partial charge in [0, 0.05) is 14.7 Å². The van der Waals surface area contributed by atoms with Gasteiger partial charge in [-0.05, 0) is 39.8 Å². The van der Waals surface area contributed by atoms with E-state index >= 15 is 0 Å². The number of methoxy groups -OCH3 is 1. The van der Waals surface area contributed by atoms with Gasteiger partial charge < -0.3 is 4.74 Å². The Morgan fingerprint density at radius 1 is 1.53 bits per heavy atom. The van der Waals surface area contributed by atoms with Crippen LogP contribution in [0.3, 0.4) is 0 Å². The second kappa shape index (κ2) is 5.89. The molecule has 0 aliphatic carbocycles. The highest BCUT2D eigenvalue weighted by Crippen LogP contribution is 2.33. The summed E-state index contributed by atoms with van der Waals surface area (Å²) in [5, 5.41) is 1.42. The molecule has 1 aliphatic heterocycles. The molecular weight excluding hydrogens is 354 g/mol. The Bertz CT molecular complexity index is 581. The minimum Gasteiger partial charge on any atom is -0.468 e. The first-order valence-electron chi connectivity index (χ1n) is 5.07. The van der Waals surface area contributed by atoms with Crippen LogP contribution in [0.4, 0.5) is 4.79 Å². The van der Waals surface area contributed by atoms with Gasteiger partial charge in [0.25, 0.3) is 11.1 Å². The maximum Gasteiger partial charge on any atom is 0.325 e. The van der Waals surface area contributed by atoms with Crippen molar-refractivity contribution in [2.75, 3.05) is 13.7 Å². The van der Waals surface area contributed by atoms with E-state index in [2.05, 4.69) is 20.7 Å². The third-order valence-corrected chi connectivity index (χ3v) is 4.80. The van der Waals surface area contributed by atoms with Crippen molar-refractivity contribution in [2.24, 2.45) is 0 Å². The summed E-state index contributed by atoms with van der Waals surface area (Å²) in [4.78, 5) is 36.8. The Labute approximate surface area is 125 Å². The molecule has 0 N–H and O–H groups in total. The first-order valence-corrected chi connectivity index (χ1v) is 7.56. The van der Waals surface area contributed by atoms with Gasteiger partial charge in [-0.3, -0.25) is 19.3 Å². The number of halogens is 1. The number of thiophene rings is 1. The number of imide groups is 1. The number of thioether (sulfide) groups is 1. The third kappa shape index (κ3) is 3.26. The zero-order valence-corrected chi connectivity index (χ0v) is 12.9. The lowest BCUT2D eigenvalue weighted by atomic mass is 10.3. The van der Waals surface area contributed by atoms with E-state index in [1.807, 2.05) is 11.4 Å². The molecule has 1 aromatic heterocycles. The summed E-state index contributed by atoms with van der Waals surface area (Å²) >= 11 is 5.58. The van der Waals surface area contributed by atoms with Crippen LogP contribution < -0.4 is 0 Å². The highest BCUT2D eigenvalue weighted by Gasteiger charge is 2.36. The first kappa shape index (κ1) is 14.3. The van der Waals surface area contributed by atoms with Crippen molar-refractivity contribution in [3.63, 3.8) is 0 Å². The van der Waals surface area contributed by atoms with Crippen molar-refractivity contribution in [3.05, 3.63) is 25.7 Å². The highest BCUT2D eigenvalue weighted by atomic mass is 79.9. The SMILES string of the molecule is COC(=O)CN1C(=O)S/C(=C\c2cc(Br)cs2)C1=O. The standard InChI is InChI=1S/C11H8BrNO4S2/c1-17-9(14)4-13-10(15)8(19-11(13)16)3-7-2-6(12)5-18-7/h2-3,5H,4H2,1H3/b8-3-. The van der Waals surface area contributed by atoms with Crippen LogP contribution >= 0.6 is 39.0 Å². The molecule has 100 valence electrons. The second-order valence-electron chi connectivity index (χ2n) is 3.51. The lowest BCUT2D eigenvalue weighted by Crippen LogP contribution is -2.34. The van der Waals surface area contributed by atoms with Crippen molar-refractivity contribution >= 4 is 62.2 Å². The summed E-state index contributed by atoms with van der Waals surface area (Å²) in [7, 11) is 1.21. The predicted molar refractivity (Wildman–Crippen MR) is 76.7 cm³/mol. The molecule has 8 heteroatoms. The van der Waals surface area contributed by atoms with E-state index in [1.165, 1.54) is 18.4 Å². The number of carbonyl (C=O) groups is 3. The number of nitrogens with zero attached hydrogens (tertiary/aromatic N) is 1. The monoisotopic (exact) mass is 361 g/mol. The number of rotatable bonds is 3. The lowest BCUT2D eigenvalue weighted by Gasteiger charge is -2.09. The van der Waals surface area contributed by atoms with E-state index in [9.17, 15) is 14.4 Å². The molecule has 0 radical (unpaired) electrons. The van der Waals surface area contributed by atoms with Gasteiger partial charge in [0.05, 0.1) is 12.0 Å². The molecule has 0 saturated carbocycles. The van der Waals surface area contributed by atoms with Crippen molar-refractivity contribution in [3.8, 4) is 0 Å². The van der Waals surface area contributed by atoms with Gasteiger partial charge in [-0.2, -0.15) is 0 Å². The summed E-state index contributed by atoms with van der Waals surface area (Å²) < 4.78 is 5.36. The number of carbonyl (C=O) groups excluding carboxylic acids is 3. The molecule has 1 aliphatic rings. The van der Waals surface area contributed by atoms with Crippen LogP contribution in [0.1, 0.15) is 4.88 Å². The fraction of sp³-hybridized carbons (Fsp3) is 0.182. The van der Waals surface area contributed by atoms with Gasteiger partial charge >= 0.3 is 5.97 Å². The summed E-state index contributed by atoms with van der Waals surface area (Å²) in [6.45, 7) is -0.355. The Kier molecular flexibility index (Phi) is 4.43. The van der Waals surface area contributed by atoms with Gasteiger partial charge in [0.1, 0.15) is 6.54 Å². The normalized spacial score (nSPS) is 17.4. The summed E-state index contributed by atoms with van der Waals surface area (Å²) in [5.41, 5.74) is 0. The number of ether oxygens (including phenoxy) is 1. The minimum absolute atomic E-state index is 0.309. The van der Waals surface area contributed by atoms with E-state index < -0.39 is 17.1 Å². The van der Waals surface area contributed by atoms with Gasteiger partial charge in [0.15, 0.2) is 0 Å². The Balaban J connectivity index is 2.18. The van der Waals surface area contributed by atoms with Crippen LogP contribution in [0.2, 0.25) is 0 Å². The maximum atomic E-state index is 12.0. The van der Waals surface area contributed by atoms with Crippen molar-refractivity contribution in [1.29, 1.82) is 0 Å². The molecule has 1 aromatic rings. The minimum atomic E-state index is -0.623. The molecular formula is C11H8BrNO4S2. The number of amides is 2. The van der Waals surface area contributed by atoms with E-state index in [-0.39, 0.29) is 6.54 Å². The predicted octanol–water partition coefficient (Wildman–Crippen LogP) is 2.72. The zero-order chi connectivity index (χ0) is 14.0. The van der Waals surface area contributed by atoms with E-state index in [4.69, 9.17) is 0 Å². The first-order chi connectivity index (χ1) is 9.01. The largest absolute Gasteiger partial charge is 0.468 e. The van der Waals surface area contributed by atoms with Gasteiger partial charge in [-0.1, -0.05) is 0 Å². The van der Waals surface area contributed by atoms with Crippen LogP contribution in [-0.4, -0.2) is 35.7 Å². The molecule has 2 heterocycles. The van der Waals surface area contributed by atoms with E-state index in [0.29, 0.717) is 4.91 Å². The van der Waals surface area contributed by atoms with Crippen LogP contribution in [0.25, 0.3) is 6.08 Å². The van der Waals surface area contributed by atoms with Crippen LogP contribution in [-0.2, 0) is 14.3 Å². The quantitative estimate of drug-likeness (QED) is 0.611. The topological polar surface area (TPSA) is 63.7 Å². The van der Waals surface area contributed by atoms with Crippen LogP contribution in [0.15, 0.2) is 20.8 Å². The molecule has 0 aromatic carbocycles. The third-order valence-electron chi connectivity index (χ3n) is 2.25. The number of esters is 1. The van der Waals surface area contributed by atoms with Crippen molar-refractivity contribution < 1.29 is 19.1 Å². The summed E-state index contributed by atoms with van der Waals surface area (Å²) in [6.07, 6.45) is 1.64. The second-order valence-corrected chi connectivity index (χ2v) is 6.36. The average Bonchev–Trinajstić information content (AvgIpc) is 2.88. The molecule has 5 nitrogen and oxygen atoms in total. The summed E-state index contributed by atoms with van der Waals surface area (Å²) in [6, 6.07) is 1.85. The van der Waals surface area contributed by atoms with Crippen molar-refractivity contribution in [2.45, 2.75) is 0 Å². The molecule has 19 heavy (non-hydrogen) atoms. The lowest BCUT2D eigenvalue weighted by molar-refractivity contribution is -0.143. The molecule has 2 amide bonds. The fourth-order valence-electron chi connectivity index (χ4n) is 1.36. The molecule has 0 unspecified atom stereocenters. The Hall–Kier alpha value is -1.12. The maximum absolute atomic E-state index is 12.0. The smallest absolute Gasteiger partial charge is 0.325 e. The number of hydrogen-bond donors (Lipinski definition) is 0. The molecule has 0 bridgehead atoms. The summed E-state index contributed by atoms with van der Waals surface area (Å²) in [5.74, 6) is -1.09. The molecule has 0 atom stereocenters. The average molecular weight is 362 g/mol. The Morgan fingerprint density at radius 2 is 2.26 bits per heavy atom. The molecule has 1 fully saturated rings. The molecule has 1 saturated heterocycles. The number of hydrogen-bond acceptors (Lipinski definition) is 6. The van der Waals surface area contributed by atoms with E-state index in [0.717, 1.165) is 26.0 Å². The van der Waals surface area contributed by atoms with Crippen LogP contribution in [0.5, 0.6) is 0 Å². The zero-order valence-electron chi connectivity index (χ0n) is 9.71. The molecule has 0 spiro atoms.